The van der Waals surface area contributed by atoms with Crippen LogP contribution < -0.4 is 5.32 Å². The predicted molar refractivity (Wildman–Crippen MR) is 85.0 cm³/mol. The van der Waals surface area contributed by atoms with Gasteiger partial charge in [0.25, 0.3) is 0 Å². The van der Waals surface area contributed by atoms with Crippen molar-refractivity contribution < 1.29 is 0 Å². The summed E-state index contributed by atoms with van der Waals surface area (Å²) in [7, 11) is 2.27. The number of likely N-dealkylation sites (tertiary alicyclic amines) is 1. The molecule has 1 saturated carbocycles. The van der Waals surface area contributed by atoms with E-state index in [1.807, 2.05) is 0 Å². The maximum atomic E-state index is 3.85. The van der Waals surface area contributed by atoms with Gasteiger partial charge < -0.3 is 10.2 Å². The average molecular weight is 279 g/mol. The second kappa shape index (κ2) is 6.76. The summed E-state index contributed by atoms with van der Waals surface area (Å²) in [6.45, 7) is 8.84. The first kappa shape index (κ1) is 14.8. The number of hydrogen-bond acceptors (Lipinski definition) is 3. The van der Waals surface area contributed by atoms with Crippen molar-refractivity contribution in [3.05, 3.63) is 0 Å². The Balaban J connectivity index is 1.52. The van der Waals surface area contributed by atoms with Crippen molar-refractivity contribution in [3.8, 4) is 0 Å². The van der Waals surface area contributed by atoms with Crippen LogP contribution in [0.4, 0.5) is 0 Å². The van der Waals surface area contributed by atoms with Gasteiger partial charge >= 0.3 is 0 Å². The molecule has 3 atom stereocenters. The van der Waals surface area contributed by atoms with Crippen molar-refractivity contribution >= 4 is 0 Å². The van der Waals surface area contributed by atoms with Crippen LogP contribution in [-0.4, -0.2) is 61.7 Å². The third kappa shape index (κ3) is 3.55. The van der Waals surface area contributed by atoms with Gasteiger partial charge in [-0.2, -0.15) is 0 Å². The highest BCUT2D eigenvalue weighted by Crippen LogP contribution is 2.29. The molecule has 3 unspecified atom stereocenters. The molecule has 2 saturated heterocycles. The van der Waals surface area contributed by atoms with Gasteiger partial charge in [-0.1, -0.05) is 19.3 Å². The van der Waals surface area contributed by atoms with E-state index in [0.29, 0.717) is 0 Å². The van der Waals surface area contributed by atoms with E-state index >= 15 is 0 Å². The molecule has 3 nitrogen and oxygen atoms in total. The molecule has 3 fully saturated rings. The Morgan fingerprint density at radius 2 is 1.85 bits per heavy atom. The molecule has 0 amide bonds. The lowest BCUT2D eigenvalue weighted by Gasteiger charge is -2.43. The van der Waals surface area contributed by atoms with Crippen LogP contribution in [0, 0.1) is 11.8 Å². The Bertz CT molecular complexity index is 301. The van der Waals surface area contributed by atoms with E-state index in [1.165, 1.54) is 71.2 Å². The zero-order valence-electron chi connectivity index (χ0n) is 13.5. The van der Waals surface area contributed by atoms with Gasteiger partial charge in [-0.3, -0.25) is 4.90 Å². The van der Waals surface area contributed by atoms with Gasteiger partial charge in [0.1, 0.15) is 0 Å². The van der Waals surface area contributed by atoms with Crippen LogP contribution >= 0.6 is 0 Å². The smallest absolute Gasteiger partial charge is 0.0224 e. The molecule has 116 valence electrons. The van der Waals surface area contributed by atoms with E-state index < -0.39 is 0 Å². The highest BCUT2D eigenvalue weighted by molar-refractivity contribution is 4.90. The maximum Gasteiger partial charge on any atom is 0.0224 e. The number of hydrogen-bond donors (Lipinski definition) is 1. The normalized spacial score (nSPS) is 38.4. The van der Waals surface area contributed by atoms with Crippen LogP contribution in [-0.2, 0) is 0 Å². The molecule has 1 aliphatic carbocycles. The van der Waals surface area contributed by atoms with Crippen molar-refractivity contribution in [3.63, 3.8) is 0 Å². The molecular weight excluding hydrogens is 246 g/mol. The standard InChI is InChI=1S/C17H33N3/c1-14-10-18-17(16-6-4-3-5-7-16)13-20(14)12-15-8-9-19(2)11-15/h14-18H,3-13H2,1-2H3. The summed E-state index contributed by atoms with van der Waals surface area (Å²) in [6.07, 6.45) is 8.73. The summed E-state index contributed by atoms with van der Waals surface area (Å²) < 4.78 is 0. The lowest BCUT2D eigenvalue weighted by atomic mass is 9.82. The first-order valence-corrected chi connectivity index (χ1v) is 8.88. The van der Waals surface area contributed by atoms with Crippen molar-refractivity contribution in [2.45, 2.75) is 57.5 Å². The van der Waals surface area contributed by atoms with Crippen molar-refractivity contribution in [1.82, 2.24) is 15.1 Å². The highest BCUT2D eigenvalue weighted by Gasteiger charge is 2.32. The topological polar surface area (TPSA) is 18.5 Å². The van der Waals surface area contributed by atoms with Gasteiger partial charge in [0, 0.05) is 38.3 Å². The Labute approximate surface area is 125 Å². The second-order valence-corrected chi connectivity index (χ2v) is 7.63. The fraction of sp³-hybridized carbons (Fsp3) is 1.00. The average Bonchev–Trinajstić information content (AvgIpc) is 2.88. The number of piperazine rings is 1. The van der Waals surface area contributed by atoms with Crippen LogP contribution in [0.2, 0.25) is 0 Å². The monoisotopic (exact) mass is 279 g/mol. The van der Waals surface area contributed by atoms with Crippen LogP contribution in [0.5, 0.6) is 0 Å². The summed E-state index contributed by atoms with van der Waals surface area (Å²) in [5.74, 6) is 1.86. The number of nitrogens with one attached hydrogen (secondary N) is 1. The molecule has 0 bridgehead atoms. The third-order valence-electron chi connectivity index (χ3n) is 5.93. The fourth-order valence-corrected chi connectivity index (χ4v) is 4.56. The molecule has 3 aliphatic rings. The fourth-order valence-electron chi connectivity index (χ4n) is 4.56. The molecule has 0 aromatic heterocycles. The lowest BCUT2D eigenvalue weighted by Crippen LogP contribution is -2.58. The zero-order chi connectivity index (χ0) is 13.9. The molecule has 2 aliphatic heterocycles. The Morgan fingerprint density at radius 1 is 1.05 bits per heavy atom. The van der Waals surface area contributed by atoms with Gasteiger partial charge in [0.2, 0.25) is 0 Å². The molecular formula is C17H33N3. The molecule has 2 heterocycles. The van der Waals surface area contributed by atoms with E-state index in [9.17, 15) is 0 Å². The van der Waals surface area contributed by atoms with E-state index in [1.54, 1.807) is 0 Å². The summed E-state index contributed by atoms with van der Waals surface area (Å²) in [6, 6.07) is 1.49. The van der Waals surface area contributed by atoms with Gasteiger partial charge in [-0.15, -0.1) is 0 Å². The van der Waals surface area contributed by atoms with E-state index in [-0.39, 0.29) is 0 Å². The van der Waals surface area contributed by atoms with Crippen LogP contribution in [0.15, 0.2) is 0 Å². The van der Waals surface area contributed by atoms with Crippen LogP contribution in [0.25, 0.3) is 0 Å². The van der Waals surface area contributed by atoms with Gasteiger partial charge in [0.05, 0.1) is 0 Å². The quantitative estimate of drug-likeness (QED) is 0.854. The minimum absolute atomic E-state index is 0.723. The van der Waals surface area contributed by atoms with Crippen molar-refractivity contribution in [2.24, 2.45) is 11.8 Å². The minimum Gasteiger partial charge on any atom is -0.311 e. The Kier molecular flexibility index (Phi) is 5.00. The maximum absolute atomic E-state index is 3.85. The molecule has 3 heteroatoms. The van der Waals surface area contributed by atoms with Gasteiger partial charge in [0.15, 0.2) is 0 Å². The SMILES string of the molecule is CC1CNC(C2CCCCC2)CN1CC1CCN(C)C1. The summed E-state index contributed by atoms with van der Waals surface area (Å²) in [5, 5.41) is 3.85. The van der Waals surface area contributed by atoms with Crippen molar-refractivity contribution in [2.75, 3.05) is 39.8 Å². The Morgan fingerprint density at radius 3 is 2.55 bits per heavy atom. The summed E-state index contributed by atoms with van der Waals surface area (Å²) in [4.78, 5) is 5.29. The molecule has 1 N–H and O–H groups in total. The molecule has 0 aromatic rings. The second-order valence-electron chi connectivity index (χ2n) is 7.63. The van der Waals surface area contributed by atoms with E-state index in [0.717, 1.165) is 23.9 Å². The summed E-state index contributed by atoms with van der Waals surface area (Å²) in [5.41, 5.74) is 0. The molecule has 20 heavy (non-hydrogen) atoms. The van der Waals surface area contributed by atoms with Gasteiger partial charge in [-0.25, -0.2) is 0 Å². The lowest BCUT2D eigenvalue weighted by molar-refractivity contribution is 0.0903. The van der Waals surface area contributed by atoms with Crippen LogP contribution in [0.3, 0.4) is 0 Å². The molecule has 0 radical (unpaired) electrons. The van der Waals surface area contributed by atoms with E-state index in [4.69, 9.17) is 0 Å². The van der Waals surface area contributed by atoms with Crippen molar-refractivity contribution in [1.29, 1.82) is 0 Å². The Hall–Kier alpha value is -0.120. The summed E-state index contributed by atoms with van der Waals surface area (Å²) >= 11 is 0. The molecule has 0 aromatic carbocycles. The van der Waals surface area contributed by atoms with E-state index in [2.05, 4.69) is 29.1 Å². The predicted octanol–water partition coefficient (Wildman–Crippen LogP) is 2.18. The third-order valence-corrected chi connectivity index (χ3v) is 5.93. The molecule has 0 spiro atoms. The van der Waals surface area contributed by atoms with Gasteiger partial charge in [-0.05, 0) is 51.6 Å². The highest BCUT2D eigenvalue weighted by atomic mass is 15.2. The largest absolute Gasteiger partial charge is 0.311 e. The number of rotatable bonds is 3. The zero-order valence-corrected chi connectivity index (χ0v) is 13.5. The minimum atomic E-state index is 0.723. The number of nitrogens with zero attached hydrogens (tertiary/aromatic N) is 2. The first-order chi connectivity index (χ1) is 9.72. The van der Waals surface area contributed by atoms with Crippen LogP contribution in [0.1, 0.15) is 45.4 Å². The first-order valence-electron chi connectivity index (χ1n) is 8.88. The molecule has 3 rings (SSSR count).